The van der Waals surface area contributed by atoms with Crippen LogP contribution in [0.25, 0.3) is 0 Å². The van der Waals surface area contributed by atoms with Crippen LogP contribution in [0.3, 0.4) is 0 Å². The van der Waals surface area contributed by atoms with Gasteiger partial charge < -0.3 is 5.11 Å². The molecule has 0 saturated carbocycles. The maximum atomic E-state index is 8.74. The zero-order chi connectivity index (χ0) is 10.9. The van der Waals surface area contributed by atoms with Crippen LogP contribution in [-0.4, -0.2) is 58.8 Å². The standard InChI is InChI=1S/C7H16O.Na.H2O4S.H/c1-3-4-5-7(2)6-8;;1-5(2,3)4;/h7-8H,3-6H2,1-2H3;;(H2,1,2,3,4);. The molecular formula is C7H19NaO5S. The van der Waals surface area contributed by atoms with E-state index in [2.05, 4.69) is 13.8 Å². The average molecular weight is 238 g/mol. The van der Waals surface area contributed by atoms with E-state index in [1.165, 1.54) is 19.3 Å². The van der Waals surface area contributed by atoms with E-state index in [1.807, 2.05) is 0 Å². The van der Waals surface area contributed by atoms with Crippen LogP contribution in [0.4, 0.5) is 0 Å². The summed E-state index contributed by atoms with van der Waals surface area (Å²) in [5.74, 6) is 0.509. The summed E-state index contributed by atoms with van der Waals surface area (Å²) in [5, 5.41) is 8.56. The quantitative estimate of drug-likeness (QED) is 0.490. The van der Waals surface area contributed by atoms with Crippen molar-refractivity contribution < 1.29 is 22.6 Å². The Balaban J connectivity index is -0.000000177. The molecular weight excluding hydrogens is 219 g/mol. The Morgan fingerprint density at radius 2 is 1.64 bits per heavy atom. The number of unbranched alkanes of at least 4 members (excludes halogenated alkanes) is 1. The maximum absolute atomic E-state index is 8.74. The molecule has 5 nitrogen and oxygen atoms in total. The summed E-state index contributed by atoms with van der Waals surface area (Å²) in [7, 11) is -4.67. The van der Waals surface area contributed by atoms with E-state index in [1.54, 1.807) is 0 Å². The molecule has 0 bridgehead atoms. The third-order valence-electron chi connectivity index (χ3n) is 1.36. The van der Waals surface area contributed by atoms with Gasteiger partial charge in [-0.1, -0.05) is 26.7 Å². The van der Waals surface area contributed by atoms with Crippen molar-refractivity contribution in [2.24, 2.45) is 5.92 Å². The van der Waals surface area contributed by atoms with Crippen molar-refractivity contribution in [3.05, 3.63) is 0 Å². The topological polar surface area (TPSA) is 94.8 Å². The molecule has 0 saturated heterocycles. The van der Waals surface area contributed by atoms with Crippen molar-refractivity contribution >= 4 is 40.0 Å². The summed E-state index contributed by atoms with van der Waals surface area (Å²) in [6, 6.07) is 0. The summed E-state index contributed by atoms with van der Waals surface area (Å²) in [5.41, 5.74) is 0. The fourth-order valence-electron chi connectivity index (χ4n) is 0.644. The molecule has 1 unspecified atom stereocenters. The molecule has 0 heterocycles. The van der Waals surface area contributed by atoms with Crippen molar-refractivity contribution in [3.63, 3.8) is 0 Å². The first-order chi connectivity index (χ1) is 5.81. The van der Waals surface area contributed by atoms with E-state index in [-0.39, 0.29) is 29.6 Å². The first-order valence-electron chi connectivity index (χ1n) is 4.12. The molecule has 0 amide bonds. The van der Waals surface area contributed by atoms with Gasteiger partial charge >= 0.3 is 40.0 Å². The van der Waals surface area contributed by atoms with Gasteiger partial charge in [-0.25, -0.2) is 0 Å². The second-order valence-corrected chi connectivity index (χ2v) is 3.77. The summed E-state index contributed by atoms with van der Waals surface area (Å²) in [6.07, 6.45) is 3.67. The Morgan fingerprint density at radius 1 is 1.29 bits per heavy atom. The van der Waals surface area contributed by atoms with Gasteiger partial charge in [0.2, 0.25) is 0 Å². The number of aliphatic hydroxyl groups excluding tert-OH is 1. The Hall–Kier alpha value is 0.830. The van der Waals surface area contributed by atoms with Crippen LogP contribution >= 0.6 is 0 Å². The molecule has 14 heavy (non-hydrogen) atoms. The summed E-state index contributed by atoms with van der Waals surface area (Å²) >= 11 is 0. The summed E-state index contributed by atoms with van der Waals surface area (Å²) in [6.45, 7) is 4.60. The predicted molar refractivity (Wildman–Crippen MR) is 57.1 cm³/mol. The second-order valence-electron chi connectivity index (χ2n) is 2.88. The van der Waals surface area contributed by atoms with Crippen LogP contribution in [0.15, 0.2) is 0 Å². The van der Waals surface area contributed by atoms with Crippen LogP contribution < -0.4 is 0 Å². The molecule has 0 radical (unpaired) electrons. The second kappa shape index (κ2) is 11.9. The average Bonchev–Trinajstić information content (AvgIpc) is 1.97. The minimum absolute atomic E-state index is 0. The van der Waals surface area contributed by atoms with Crippen molar-refractivity contribution in [1.82, 2.24) is 0 Å². The van der Waals surface area contributed by atoms with E-state index < -0.39 is 10.4 Å². The number of rotatable bonds is 4. The molecule has 7 heteroatoms. The summed E-state index contributed by atoms with van der Waals surface area (Å²) < 4.78 is 31.6. The zero-order valence-corrected chi connectivity index (χ0v) is 8.79. The molecule has 3 N–H and O–H groups in total. The van der Waals surface area contributed by atoms with Gasteiger partial charge in [0.25, 0.3) is 0 Å². The molecule has 0 spiro atoms. The first kappa shape index (κ1) is 20.3. The molecule has 84 valence electrons. The van der Waals surface area contributed by atoms with E-state index >= 15 is 0 Å². The van der Waals surface area contributed by atoms with Crippen molar-refractivity contribution in [1.29, 1.82) is 0 Å². The Labute approximate surface area is 108 Å². The number of hydrogen-bond acceptors (Lipinski definition) is 3. The van der Waals surface area contributed by atoms with E-state index in [9.17, 15) is 0 Å². The van der Waals surface area contributed by atoms with Crippen molar-refractivity contribution in [3.8, 4) is 0 Å². The molecule has 0 aliphatic rings. The van der Waals surface area contributed by atoms with Gasteiger partial charge in [-0.05, 0) is 12.3 Å². The Morgan fingerprint density at radius 3 is 1.86 bits per heavy atom. The predicted octanol–water partition coefficient (Wildman–Crippen LogP) is 0.504. The zero-order valence-electron chi connectivity index (χ0n) is 7.97. The van der Waals surface area contributed by atoms with Gasteiger partial charge in [-0.15, -0.1) is 0 Å². The van der Waals surface area contributed by atoms with Crippen LogP contribution in [-0.2, 0) is 10.4 Å². The molecule has 0 aromatic rings. The fourth-order valence-corrected chi connectivity index (χ4v) is 0.644. The summed E-state index contributed by atoms with van der Waals surface area (Å²) in [4.78, 5) is 0. The first-order valence-corrected chi connectivity index (χ1v) is 5.51. The van der Waals surface area contributed by atoms with Crippen molar-refractivity contribution in [2.75, 3.05) is 6.61 Å². The molecule has 1 atom stereocenters. The van der Waals surface area contributed by atoms with Crippen LogP contribution in [0.1, 0.15) is 33.1 Å². The van der Waals surface area contributed by atoms with Gasteiger partial charge in [-0.2, -0.15) is 8.42 Å². The normalized spacial score (nSPS) is 12.1. The van der Waals surface area contributed by atoms with Crippen LogP contribution in [0.5, 0.6) is 0 Å². The molecule has 0 fully saturated rings. The van der Waals surface area contributed by atoms with Crippen molar-refractivity contribution in [2.45, 2.75) is 33.1 Å². The van der Waals surface area contributed by atoms with Gasteiger partial charge in [0, 0.05) is 6.61 Å². The third kappa shape index (κ3) is 38.5. The van der Waals surface area contributed by atoms with E-state index in [4.69, 9.17) is 22.6 Å². The molecule has 0 aromatic heterocycles. The van der Waals surface area contributed by atoms with Gasteiger partial charge in [0.1, 0.15) is 0 Å². The van der Waals surface area contributed by atoms with Crippen LogP contribution in [0.2, 0.25) is 0 Å². The van der Waals surface area contributed by atoms with E-state index in [0.717, 1.165) is 0 Å². The minimum atomic E-state index is -4.67. The van der Waals surface area contributed by atoms with Gasteiger partial charge in [0.05, 0.1) is 0 Å². The molecule has 0 aliphatic heterocycles. The van der Waals surface area contributed by atoms with Gasteiger partial charge in [-0.3, -0.25) is 9.11 Å². The Bertz CT molecular complexity index is 184. The molecule has 0 aromatic carbocycles. The number of hydrogen-bond donors (Lipinski definition) is 3. The van der Waals surface area contributed by atoms with Crippen LogP contribution in [0, 0.1) is 5.92 Å². The SMILES string of the molecule is CCCCC(C)CO.O=S(=O)(O)O.[NaH]. The van der Waals surface area contributed by atoms with Gasteiger partial charge in [0.15, 0.2) is 0 Å². The molecule has 0 aliphatic carbocycles. The number of aliphatic hydroxyl groups is 1. The fraction of sp³-hybridized carbons (Fsp3) is 1.00. The Kier molecular flexibility index (Phi) is 17.2. The third-order valence-corrected chi connectivity index (χ3v) is 1.36. The molecule has 0 rings (SSSR count). The monoisotopic (exact) mass is 238 g/mol. The van der Waals surface area contributed by atoms with E-state index in [0.29, 0.717) is 12.5 Å².